The topological polar surface area (TPSA) is 114 Å². The van der Waals surface area contributed by atoms with Gasteiger partial charge in [-0.25, -0.2) is 13.1 Å². The molecule has 0 spiro atoms. The van der Waals surface area contributed by atoms with Crippen molar-refractivity contribution >= 4 is 21.5 Å². The van der Waals surface area contributed by atoms with Gasteiger partial charge in [0.2, 0.25) is 15.8 Å². The van der Waals surface area contributed by atoms with Crippen molar-refractivity contribution < 1.29 is 8.42 Å². The summed E-state index contributed by atoms with van der Waals surface area (Å²) >= 11 is 0. The monoisotopic (exact) mass is 409 g/mol. The normalized spacial score (nSPS) is 12.8. The van der Waals surface area contributed by atoms with Crippen LogP contribution in [-0.2, 0) is 10.0 Å². The fourth-order valence-corrected chi connectivity index (χ4v) is 3.61. The third-order valence-electron chi connectivity index (χ3n) is 4.48. The second kappa shape index (κ2) is 7.57. The molecule has 1 atom stereocenters. The van der Waals surface area contributed by atoms with Crippen LogP contribution in [0.5, 0.6) is 0 Å². The van der Waals surface area contributed by atoms with Gasteiger partial charge < -0.3 is 5.32 Å². The molecule has 1 unspecified atom stereocenters. The van der Waals surface area contributed by atoms with Gasteiger partial charge in [0.05, 0.1) is 4.90 Å². The number of rotatable bonds is 6. The van der Waals surface area contributed by atoms with Gasteiger partial charge >= 0.3 is 0 Å². The van der Waals surface area contributed by atoms with E-state index < -0.39 is 10.0 Å². The number of hydrogen-bond donors (Lipinski definition) is 2. The van der Waals surface area contributed by atoms with Crippen LogP contribution in [0, 0.1) is 0 Å². The smallest absolute Gasteiger partial charge is 0.240 e. The lowest BCUT2D eigenvalue weighted by Crippen LogP contribution is -2.18. The van der Waals surface area contributed by atoms with Crippen LogP contribution in [0.15, 0.2) is 65.7 Å². The lowest BCUT2D eigenvalue weighted by atomic mass is 10.1. The molecular weight excluding hydrogens is 390 g/mol. The first-order valence-electron chi connectivity index (χ1n) is 8.92. The molecule has 4 rings (SSSR count). The fourth-order valence-electron chi connectivity index (χ4n) is 2.88. The molecule has 0 saturated heterocycles. The molecule has 148 valence electrons. The summed E-state index contributed by atoms with van der Waals surface area (Å²) in [5.74, 6) is 1.19. The van der Waals surface area contributed by atoms with Crippen LogP contribution in [0.1, 0.15) is 18.5 Å². The molecule has 9 nitrogen and oxygen atoms in total. The van der Waals surface area contributed by atoms with Gasteiger partial charge in [-0.1, -0.05) is 18.2 Å². The summed E-state index contributed by atoms with van der Waals surface area (Å²) in [6.07, 6.45) is 1.69. The van der Waals surface area contributed by atoms with Gasteiger partial charge in [0, 0.05) is 12.2 Å². The zero-order valence-corrected chi connectivity index (χ0v) is 16.6. The maximum atomic E-state index is 11.9. The molecule has 0 radical (unpaired) electrons. The van der Waals surface area contributed by atoms with Gasteiger partial charge in [-0.3, -0.25) is 4.98 Å². The van der Waals surface area contributed by atoms with Crippen LogP contribution in [0.25, 0.3) is 17.2 Å². The fraction of sp³-hybridized carbons (Fsp3) is 0.158. The molecule has 0 bridgehead atoms. The molecule has 0 fully saturated rings. The Morgan fingerprint density at radius 1 is 1.00 bits per heavy atom. The van der Waals surface area contributed by atoms with Crippen LogP contribution in [0.3, 0.4) is 0 Å². The Morgan fingerprint density at radius 3 is 2.48 bits per heavy atom. The number of nitrogens with zero attached hydrogens (tertiary/aromatic N) is 5. The molecule has 29 heavy (non-hydrogen) atoms. The van der Waals surface area contributed by atoms with Gasteiger partial charge in [-0.2, -0.15) is 4.52 Å². The van der Waals surface area contributed by atoms with E-state index in [1.54, 1.807) is 35.0 Å². The number of sulfonamides is 1. The minimum atomic E-state index is -3.45. The molecule has 0 saturated carbocycles. The van der Waals surface area contributed by atoms with Crippen molar-refractivity contribution in [1.82, 2.24) is 29.5 Å². The van der Waals surface area contributed by atoms with Crippen LogP contribution in [-0.4, -0.2) is 40.3 Å². The molecule has 4 aromatic rings. The summed E-state index contributed by atoms with van der Waals surface area (Å²) in [5.41, 5.74) is 2.22. The van der Waals surface area contributed by atoms with Crippen molar-refractivity contribution in [3.63, 3.8) is 0 Å². The Kier molecular flexibility index (Phi) is 4.95. The highest BCUT2D eigenvalue weighted by molar-refractivity contribution is 7.89. The van der Waals surface area contributed by atoms with Crippen LogP contribution in [0.2, 0.25) is 0 Å². The zero-order chi connectivity index (χ0) is 20.4. The summed E-state index contributed by atoms with van der Waals surface area (Å²) < 4.78 is 27.7. The molecular formula is C19H19N7O2S. The van der Waals surface area contributed by atoms with Crippen LogP contribution < -0.4 is 10.0 Å². The van der Waals surface area contributed by atoms with E-state index in [-0.39, 0.29) is 10.9 Å². The lowest BCUT2D eigenvalue weighted by Gasteiger charge is -2.15. The van der Waals surface area contributed by atoms with E-state index >= 15 is 0 Å². The quantitative estimate of drug-likeness (QED) is 0.502. The number of pyridine rings is 1. The molecule has 0 aliphatic carbocycles. The first-order chi connectivity index (χ1) is 14.0. The van der Waals surface area contributed by atoms with E-state index in [9.17, 15) is 8.42 Å². The molecule has 0 aliphatic heterocycles. The highest BCUT2D eigenvalue weighted by Gasteiger charge is 2.14. The van der Waals surface area contributed by atoms with Gasteiger partial charge in [0.25, 0.3) is 0 Å². The molecule has 3 aromatic heterocycles. The van der Waals surface area contributed by atoms with Crippen molar-refractivity contribution in [3.8, 4) is 11.5 Å². The first-order valence-corrected chi connectivity index (χ1v) is 10.4. The number of anilines is 1. The minimum absolute atomic E-state index is 0.0962. The maximum absolute atomic E-state index is 11.9. The predicted molar refractivity (Wildman–Crippen MR) is 109 cm³/mol. The minimum Gasteiger partial charge on any atom is -0.362 e. The Hall–Kier alpha value is -3.37. The largest absolute Gasteiger partial charge is 0.362 e. The average Bonchev–Trinajstić information content (AvgIpc) is 3.17. The second-order valence-electron chi connectivity index (χ2n) is 6.37. The van der Waals surface area contributed by atoms with E-state index in [2.05, 4.69) is 30.3 Å². The van der Waals surface area contributed by atoms with Crippen molar-refractivity contribution in [1.29, 1.82) is 0 Å². The Bertz CT molecular complexity index is 1240. The van der Waals surface area contributed by atoms with Crippen molar-refractivity contribution in [2.24, 2.45) is 0 Å². The van der Waals surface area contributed by atoms with Gasteiger partial charge in [0.1, 0.15) is 11.5 Å². The number of nitrogens with one attached hydrogen (secondary N) is 2. The van der Waals surface area contributed by atoms with Gasteiger partial charge in [-0.15, -0.1) is 15.3 Å². The van der Waals surface area contributed by atoms with E-state index in [1.165, 1.54) is 7.05 Å². The van der Waals surface area contributed by atoms with E-state index in [1.807, 2.05) is 37.3 Å². The summed E-state index contributed by atoms with van der Waals surface area (Å²) in [7, 11) is -2.07. The van der Waals surface area contributed by atoms with Crippen molar-refractivity contribution in [3.05, 3.63) is 66.4 Å². The Balaban J connectivity index is 1.59. The molecule has 1 aromatic carbocycles. The second-order valence-corrected chi connectivity index (χ2v) is 8.26. The highest BCUT2D eigenvalue weighted by Crippen LogP contribution is 2.21. The Labute approximate surface area is 167 Å². The number of aromatic nitrogens is 5. The molecule has 0 aliphatic rings. The SMILES string of the molecule is CNS(=O)(=O)c1ccc(C(C)Nc2ccc3nnc(-c4ccccn4)n3n2)cc1. The molecule has 0 amide bonds. The zero-order valence-electron chi connectivity index (χ0n) is 15.8. The van der Waals surface area contributed by atoms with Crippen molar-refractivity contribution in [2.45, 2.75) is 17.9 Å². The Morgan fingerprint density at radius 2 is 1.79 bits per heavy atom. The van der Waals surface area contributed by atoms with Crippen molar-refractivity contribution in [2.75, 3.05) is 12.4 Å². The summed E-state index contributed by atoms with van der Waals surface area (Å²) in [6, 6.07) is 15.8. The average molecular weight is 409 g/mol. The maximum Gasteiger partial charge on any atom is 0.240 e. The number of benzene rings is 1. The lowest BCUT2D eigenvalue weighted by molar-refractivity contribution is 0.588. The standard InChI is InChI=1S/C19H19N7O2S/c1-13(14-6-8-15(9-7-14)29(27,28)20-2)22-17-10-11-18-23-24-19(26(18)25-17)16-5-3-4-12-21-16/h3-13,20H,1-2H3,(H,22,25). The van der Waals surface area contributed by atoms with E-state index in [0.29, 0.717) is 23.0 Å². The predicted octanol–water partition coefficient (Wildman–Crippen LogP) is 2.27. The molecule has 3 heterocycles. The van der Waals surface area contributed by atoms with Crippen LogP contribution in [0.4, 0.5) is 5.82 Å². The van der Waals surface area contributed by atoms with Gasteiger partial charge in [-0.05, 0) is 55.9 Å². The van der Waals surface area contributed by atoms with E-state index in [4.69, 9.17) is 0 Å². The first kappa shape index (κ1) is 19.0. The number of fused-ring (bicyclic) bond motifs is 1. The van der Waals surface area contributed by atoms with E-state index in [0.717, 1.165) is 5.56 Å². The van der Waals surface area contributed by atoms with Crippen LogP contribution >= 0.6 is 0 Å². The third kappa shape index (κ3) is 3.80. The summed E-state index contributed by atoms with van der Waals surface area (Å²) in [6.45, 7) is 1.97. The van der Waals surface area contributed by atoms with Gasteiger partial charge in [0.15, 0.2) is 5.65 Å². The number of hydrogen-bond acceptors (Lipinski definition) is 7. The third-order valence-corrected chi connectivity index (χ3v) is 5.91. The highest BCUT2D eigenvalue weighted by atomic mass is 32.2. The molecule has 10 heteroatoms. The summed E-state index contributed by atoms with van der Waals surface area (Å²) in [5, 5.41) is 16.2. The summed E-state index contributed by atoms with van der Waals surface area (Å²) in [4.78, 5) is 4.53. The molecule has 2 N–H and O–H groups in total.